The van der Waals surface area contributed by atoms with Gasteiger partial charge in [-0.05, 0) is 62.9 Å². The molecule has 0 radical (unpaired) electrons. The first kappa shape index (κ1) is 40.3. The molecule has 1 saturated heterocycles. The number of ether oxygens (including phenoxy) is 4. The Kier molecular flexibility index (Phi) is 13.6. The molecule has 1 aliphatic carbocycles. The third-order valence-corrected chi connectivity index (χ3v) is 17.3. The van der Waals surface area contributed by atoms with Gasteiger partial charge in [-0.3, -0.25) is 0 Å². The lowest BCUT2D eigenvalue weighted by Gasteiger charge is -2.54. The zero-order valence-electron chi connectivity index (χ0n) is 31.6. The molecule has 2 aliphatic rings. The maximum Gasteiger partial charge on any atom is 0.192 e. The SMILES string of the molecule is C=C(C)[C@@H]([C@@H](OCOCC[Si](C)(C)C)[C@@H]1CCOC(c2ccccc2)O1)[C@H](O)[C@]1(O)CCC(C)=C(CO[Si](C)(C)C(C)(C)C)C1(C)C. The van der Waals surface area contributed by atoms with Gasteiger partial charge >= 0.3 is 0 Å². The average molecular weight is 691 g/mol. The van der Waals surface area contributed by atoms with E-state index in [1.165, 1.54) is 5.57 Å². The molecule has 7 nitrogen and oxygen atoms in total. The van der Waals surface area contributed by atoms with Crippen LogP contribution in [0.5, 0.6) is 0 Å². The number of hydrogen-bond acceptors (Lipinski definition) is 7. The topological polar surface area (TPSA) is 86.6 Å². The smallest absolute Gasteiger partial charge is 0.192 e. The van der Waals surface area contributed by atoms with E-state index in [4.69, 9.17) is 23.4 Å². The van der Waals surface area contributed by atoms with Crippen molar-refractivity contribution in [2.75, 3.05) is 26.6 Å². The minimum absolute atomic E-state index is 0.0597. The predicted molar refractivity (Wildman–Crippen MR) is 197 cm³/mol. The van der Waals surface area contributed by atoms with Gasteiger partial charge in [-0.15, -0.1) is 0 Å². The van der Waals surface area contributed by atoms with Crippen molar-refractivity contribution >= 4 is 16.4 Å². The molecular formula is C38H66O7Si2. The molecule has 268 valence electrons. The Morgan fingerprint density at radius 1 is 1.11 bits per heavy atom. The van der Waals surface area contributed by atoms with Crippen molar-refractivity contribution < 1.29 is 33.6 Å². The van der Waals surface area contributed by atoms with Gasteiger partial charge in [-0.25, -0.2) is 0 Å². The lowest BCUT2D eigenvalue weighted by atomic mass is 9.58. The van der Waals surface area contributed by atoms with Crippen molar-refractivity contribution in [1.29, 1.82) is 0 Å². The van der Waals surface area contributed by atoms with E-state index in [9.17, 15) is 10.2 Å². The average Bonchev–Trinajstić information content (AvgIpc) is 2.97. The van der Waals surface area contributed by atoms with Gasteiger partial charge in [0.25, 0.3) is 0 Å². The normalized spacial score (nSPS) is 26.2. The van der Waals surface area contributed by atoms with Crippen molar-refractivity contribution in [1.82, 2.24) is 0 Å². The van der Waals surface area contributed by atoms with Gasteiger partial charge < -0.3 is 33.6 Å². The summed E-state index contributed by atoms with van der Waals surface area (Å²) in [6, 6.07) is 10.9. The van der Waals surface area contributed by atoms with E-state index in [2.05, 4.69) is 67.0 Å². The van der Waals surface area contributed by atoms with Gasteiger partial charge in [0, 0.05) is 31.6 Å². The third-order valence-electron chi connectivity index (χ3n) is 11.1. The largest absolute Gasteiger partial charge is 0.413 e. The minimum Gasteiger partial charge on any atom is -0.413 e. The van der Waals surface area contributed by atoms with Crippen LogP contribution in [0.1, 0.15) is 79.6 Å². The van der Waals surface area contributed by atoms with Crippen molar-refractivity contribution in [3.05, 3.63) is 59.2 Å². The maximum atomic E-state index is 12.7. The summed E-state index contributed by atoms with van der Waals surface area (Å²) in [5, 5.41) is 25.3. The van der Waals surface area contributed by atoms with Gasteiger partial charge in [-0.1, -0.05) is 102 Å². The Labute approximate surface area is 288 Å². The van der Waals surface area contributed by atoms with Crippen LogP contribution in [0.3, 0.4) is 0 Å². The van der Waals surface area contributed by atoms with E-state index in [0.717, 1.165) is 22.8 Å². The highest BCUT2D eigenvalue weighted by Crippen LogP contribution is 2.52. The van der Waals surface area contributed by atoms with Gasteiger partial charge in [0.05, 0.1) is 31.5 Å². The maximum absolute atomic E-state index is 12.7. The molecule has 1 unspecified atom stereocenters. The van der Waals surface area contributed by atoms with Crippen LogP contribution in [0.15, 0.2) is 53.6 Å². The first-order valence-electron chi connectivity index (χ1n) is 17.5. The monoisotopic (exact) mass is 690 g/mol. The fraction of sp³-hybridized carbons (Fsp3) is 0.737. The first-order valence-corrected chi connectivity index (χ1v) is 24.1. The number of benzene rings is 1. The highest BCUT2D eigenvalue weighted by molar-refractivity contribution is 6.76. The lowest BCUT2D eigenvalue weighted by molar-refractivity contribution is -0.267. The molecule has 0 spiro atoms. The molecule has 1 fully saturated rings. The van der Waals surface area contributed by atoms with Crippen molar-refractivity contribution in [3.8, 4) is 0 Å². The Hall–Kier alpha value is -1.15. The van der Waals surface area contributed by atoms with E-state index in [1.54, 1.807) is 0 Å². The summed E-state index contributed by atoms with van der Waals surface area (Å²) >= 11 is 0. The third kappa shape index (κ3) is 9.76. The zero-order valence-corrected chi connectivity index (χ0v) is 33.6. The highest BCUT2D eigenvalue weighted by Gasteiger charge is 2.57. The van der Waals surface area contributed by atoms with Crippen LogP contribution >= 0.6 is 0 Å². The Morgan fingerprint density at radius 2 is 1.74 bits per heavy atom. The summed E-state index contributed by atoms with van der Waals surface area (Å²) in [6.07, 6.45) is -1.11. The van der Waals surface area contributed by atoms with E-state index >= 15 is 0 Å². The lowest BCUT2D eigenvalue weighted by Crippen LogP contribution is -2.62. The van der Waals surface area contributed by atoms with E-state index in [-0.39, 0.29) is 11.8 Å². The van der Waals surface area contributed by atoms with Crippen LogP contribution in [0.4, 0.5) is 0 Å². The Balaban J connectivity index is 1.95. The zero-order chi connectivity index (χ0) is 35.4. The molecule has 0 saturated carbocycles. The van der Waals surface area contributed by atoms with Crippen LogP contribution in [0.25, 0.3) is 0 Å². The van der Waals surface area contributed by atoms with Crippen LogP contribution in [-0.4, -0.2) is 77.1 Å². The second kappa shape index (κ2) is 15.8. The van der Waals surface area contributed by atoms with E-state index in [1.807, 2.05) is 51.1 Å². The second-order valence-electron chi connectivity index (χ2n) is 17.2. The number of hydrogen-bond donors (Lipinski definition) is 2. The molecule has 1 heterocycles. The summed E-state index contributed by atoms with van der Waals surface area (Å²) < 4.78 is 31.9. The van der Waals surface area contributed by atoms with E-state index in [0.29, 0.717) is 39.1 Å². The van der Waals surface area contributed by atoms with Gasteiger partial charge in [0.1, 0.15) is 12.4 Å². The molecule has 6 atom stereocenters. The summed E-state index contributed by atoms with van der Waals surface area (Å²) in [5.41, 5.74) is 1.70. The molecule has 3 rings (SSSR count). The van der Waals surface area contributed by atoms with Crippen molar-refractivity contribution in [3.63, 3.8) is 0 Å². The van der Waals surface area contributed by atoms with Crippen LogP contribution in [0.2, 0.25) is 43.8 Å². The number of allylic oxidation sites excluding steroid dienone is 1. The molecule has 9 heteroatoms. The summed E-state index contributed by atoms with van der Waals surface area (Å²) in [7, 11) is -3.34. The van der Waals surface area contributed by atoms with Gasteiger partial charge in [-0.2, -0.15) is 0 Å². The standard InChI is InChI=1S/C38H66O7Si2/c1-27(2)32(34(39)38(40)21-19-28(3)30(37(38,7)8)25-44-47(12,13)36(4,5)6)33(43-26-41-23-24-46(9,10)11)31-20-22-42-35(45-31)29-17-15-14-16-18-29/h14-18,31-35,39-40H,1,19-26H2,2-13H3/t31-,32-,33-,34-,35?,38+/m0/s1. The van der Waals surface area contributed by atoms with Crippen LogP contribution in [0, 0.1) is 11.3 Å². The molecule has 0 aromatic heterocycles. The molecule has 47 heavy (non-hydrogen) atoms. The fourth-order valence-electron chi connectivity index (χ4n) is 6.54. The highest BCUT2D eigenvalue weighted by atomic mass is 28.4. The molecule has 0 amide bonds. The molecular weight excluding hydrogens is 625 g/mol. The van der Waals surface area contributed by atoms with Crippen LogP contribution < -0.4 is 0 Å². The fourth-order valence-corrected chi connectivity index (χ4v) is 8.24. The van der Waals surface area contributed by atoms with Crippen molar-refractivity contribution in [2.24, 2.45) is 11.3 Å². The molecule has 1 aliphatic heterocycles. The summed E-state index contributed by atoms with van der Waals surface area (Å²) in [5.74, 6) is -0.625. The number of aliphatic hydroxyl groups excluding tert-OH is 1. The molecule has 1 aromatic rings. The quantitative estimate of drug-likeness (QED) is 0.0825. The van der Waals surface area contributed by atoms with Crippen LogP contribution in [-0.2, 0) is 23.4 Å². The number of aliphatic hydroxyl groups is 2. The van der Waals surface area contributed by atoms with Gasteiger partial charge in [0.2, 0.25) is 0 Å². The number of rotatable bonds is 15. The summed E-state index contributed by atoms with van der Waals surface area (Å²) in [6.45, 7) is 32.3. The Morgan fingerprint density at radius 3 is 2.32 bits per heavy atom. The molecule has 2 N–H and O–H groups in total. The second-order valence-corrected chi connectivity index (χ2v) is 27.6. The van der Waals surface area contributed by atoms with Gasteiger partial charge in [0.15, 0.2) is 14.6 Å². The predicted octanol–water partition coefficient (Wildman–Crippen LogP) is 8.63. The van der Waals surface area contributed by atoms with Crippen molar-refractivity contribution in [2.45, 2.75) is 142 Å². The minimum atomic E-state index is -2.06. The Bertz CT molecular complexity index is 1200. The van der Waals surface area contributed by atoms with E-state index < -0.39 is 57.9 Å². The summed E-state index contributed by atoms with van der Waals surface area (Å²) in [4.78, 5) is 0. The molecule has 0 bridgehead atoms. The first-order chi connectivity index (χ1) is 21.6. The molecule has 1 aromatic carbocycles.